The SMILES string of the molecule is CC(C)[C@H](NC(=O)c1ccco1)C(=O)OCC(=O)NC(=O)c1cccn1C. The molecule has 2 rings (SSSR count). The number of rotatable bonds is 7. The van der Waals surface area contributed by atoms with E-state index >= 15 is 0 Å². The van der Waals surface area contributed by atoms with Gasteiger partial charge in [-0.05, 0) is 30.2 Å². The maximum atomic E-state index is 12.2. The van der Waals surface area contributed by atoms with Gasteiger partial charge in [0.05, 0.1) is 6.26 Å². The first kappa shape index (κ1) is 20.0. The molecule has 0 aliphatic carbocycles. The molecule has 0 saturated heterocycles. The first-order valence-electron chi connectivity index (χ1n) is 8.26. The number of aromatic nitrogens is 1. The largest absolute Gasteiger partial charge is 0.459 e. The molecule has 3 amide bonds. The average molecular weight is 375 g/mol. The van der Waals surface area contributed by atoms with E-state index in [4.69, 9.17) is 9.15 Å². The number of aryl methyl sites for hydroxylation is 1. The molecule has 0 radical (unpaired) electrons. The number of nitrogens with zero attached hydrogens (tertiary/aromatic N) is 1. The molecular weight excluding hydrogens is 354 g/mol. The minimum atomic E-state index is -0.973. The molecule has 0 bridgehead atoms. The normalized spacial score (nSPS) is 11.7. The monoisotopic (exact) mass is 375 g/mol. The highest BCUT2D eigenvalue weighted by Crippen LogP contribution is 2.07. The number of amides is 3. The van der Waals surface area contributed by atoms with Crippen molar-refractivity contribution in [2.75, 3.05) is 6.61 Å². The van der Waals surface area contributed by atoms with Crippen LogP contribution in [0.5, 0.6) is 0 Å². The van der Waals surface area contributed by atoms with Crippen LogP contribution in [0.4, 0.5) is 0 Å². The second kappa shape index (κ2) is 8.84. The van der Waals surface area contributed by atoms with Gasteiger partial charge in [0.2, 0.25) is 0 Å². The highest BCUT2D eigenvalue weighted by Gasteiger charge is 2.27. The smallest absolute Gasteiger partial charge is 0.329 e. The molecule has 0 aliphatic heterocycles. The molecule has 0 aliphatic rings. The lowest BCUT2D eigenvalue weighted by Crippen LogP contribution is -2.46. The van der Waals surface area contributed by atoms with Crippen molar-refractivity contribution in [3.05, 3.63) is 48.2 Å². The third-order valence-electron chi connectivity index (χ3n) is 3.73. The summed E-state index contributed by atoms with van der Waals surface area (Å²) < 4.78 is 11.5. The van der Waals surface area contributed by atoms with Gasteiger partial charge in [0.15, 0.2) is 12.4 Å². The fraction of sp³-hybridized carbons (Fsp3) is 0.333. The predicted octanol–water partition coefficient (Wildman–Crippen LogP) is 0.872. The topological polar surface area (TPSA) is 120 Å². The van der Waals surface area contributed by atoms with Gasteiger partial charge in [-0.25, -0.2) is 4.79 Å². The van der Waals surface area contributed by atoms with Gasteiger partial charge >= 0.3 is 5.97 Å². The zero-order valence-corrected chi connectivity index (χ0v) is 15.2. The van der Waals surface area contributed by atoms with Crippen LogP contribution in [-0.4, -0.2) is 40.9 Å². The number of furan rings is 1. The van der Waals surface area contributed by atoms with Crippen molar-refractivity contribution in [1.82, 2.24) is 15.2 Å². The van der Waals surface area contributed by atoms with Crippen LogP contribution < -0.4 is 10.6 Å². The van der Waals surface area contributed by atoms with Crippen molar-refractivity contribution in [3.8, 4) is 0 Å². The molecule has 2 aromatic heterocycles. The first-order valence-corrected chi connectivity index (χ1v) is 8.26. The van der Waals surface area contributed by atoms with E-state index in [1.165, 1.54) is 12.3 Å². The van der Waals surface area contributed by atoms with Crippen LogP contribution in [0.25, 0.3) is 0 Å². The number of imide groups is 1. The quantitative estimate of drug-likeness (QED) is 0.693. The highest BCUT2D eigenvalue weighted by molar-refractivity contribution is 6.04. The number of carbonyl (C=O) groups is 4. The molecule has 1 atom stereocenters. The van der Waals surface area contributed by atoms with Gasteiger partial charge in [0.25, 0.3) is 17.7 Å². The number of hydrogen-bond acceptors (Lipinski definition) is 6. The van der Waals surface area contributed by atoms with Gasteiger partial charge in [-0.3, -0.25) is 19.7 Å². The Balaban J connectivity index is 1.87. The molecule has 0 saturated carbocycles. The van der Waals surface area contributed by atoms with Gasteiger partial charge in [0.1, 0.15) is 11.7 Å². The summed E-state index contributed by atoms with van der Waals surface area (Å²) >= 11 is 0. The molecule has 2 N–H and O–H groups in total. The molecule has 0 fully saturated rings. The molecule has 144 valence electrons. The maximum Gasteiger partial charge on any atom is 0.329 e. The average Bonchev–Trinajstić information content (AvgIpc) is 3.28. The Hall–Kier alpha value is -3.36. The number of nitrogens with one attached hydrogen (secondary N) is 2. The Morgan fingerprint density at radius 1 is 1.15 bits per heavy atom. The fourth-order valence-electron chi connectivity index (χ4n) is 2.27. The van der Waals surface area contributed by atoms with Gasteiger partial charge in [-0.1, -0.05) is 13.8 Å². The van der Waals surface area contributed by atoms with E-state index in [9.17, 15) is 19.2 Å². The van der Waals surface area contributed by atoms with Crippen LogP contribution in [0.15, 0.2) is 41.1 Å². The van der Waals surface area contributed by atoms with E-state index in [0.29, 0.717) is 5.69 Å². The van der Waals surface area contributed by atoms with Crippen molar-refractivity contribution in [1.29, 1.82) is 0 Å². The number of ether oxygens (including phenoxy) is 1. The van der Waals surface area contributed by atoms with Crippen LogP contribution in [0.3, 0.4) is 0 Å². The summed E-state index contributed by atoms with van der Waals surface area (Å²) in [6, 6.07) is 5.24. The Labute approximate surface area is 155 Å². The zero-order chi connectivity index (χ0) is 20.0. The van der Waals surface area contributed by atoms with Crippen LogP contribution in [0.2, 0.25) is 0 Å². The molecule has 9 heteroatoms. The van der Waals surface area contributed by atoms with E-state index in [1.54, 1.807) is 49.9 Å². The second-order valence-electron chi connectivity index (χ2n) is 6.16. The zero-order valence-electron chi connectivity index (χ0n) is 15.2. The summed E-state index contributed by atoms with van der Waals surface area (Å²) in [5, 5.41) is 4.64. The fourth-order valence-corrected chi connectivity index (χ4v) is 2.27. The van der Waals surface area contributed by atoms with Crippen molar-refractivity contribution in [3.63, 3.8) is 0 Å². The van der Waals surface area contributed by atoms with Crippen LogP contribution >= 0.6 is 0 Å². The summed E-state index contributed by atoms with van der Waals surface area (Å²) in [6.07, 6.45) is 3.00. The Morgan fingerprint density at radius 2 is 1.89 bits per heavy atom. The van der Waals surface area contributed by atoms with Gasteiger partial charge < -0.3 is 19.0 Å². The number of hydrogen-bond donors (Lipinski definition) is 2. The minimum absolute atomic E-state index is 0.0550. The standard InChI is InChI=1S/C18H21N3O6/c1-11(2)15(20-17(24)13-7-5-9-26-13)18(25)27-10-14(22)19-16(23)12-6-4-8-21(12)3/h4-9,11,15H,10H2,1-3H3,(H,20,24)(H,19,22,23)/t15-/m0/s1. The van der Waals surface area contributed by atoms with E-state index in [-0.39, 0.29) is 11.7 Å². The Kier molecular flexibility index (Phi) is 6.53. The lowest BCUT2D eigenvalue weighted by Gasteiger charge is -2.20. The Bertz CT molecular complexity index is 822. The van der Waals surface area contributed by atoms with E-state index in [1.807, 2.05) is 0 Å². The summed E-state index contributed by atoms with van der Waals surface area (Å²) in [7, 11) is 1.66. The lowest BCUT2D eigenvalue weighted by atomic mass is 10.0. The molecule has 0 unspecified atom stereocenters. The van der Waals surface area contributed by atoms with Crippen LogP contribution in [0.1, 0.15) is 34.9 Å². The summed E-state index contributed by atoms with van der Waals surface area (Å²) in [4.78, 5) is 48.0. The van der Waals surface area contributed by atoms with Crippen molar-refractivity contribution >= 4 is 23.7 Å². The van der Waals surface area contributed by atoms with Gasteiger partial charge in [-0.2, -0.15) is 0 Å². The van der Waals surface area contributed by atoms with Crippen LogP contribution in [0, 0.1) is 5.92 Å². The van der Waals surface area contributed by atoms with Crippen LogP contribution in [-0.2, 0) is 21.4 Å². The van der Waals surface area contributed by atoms with Crippen molar-refractivity contribution < 1.29 is 28.3 Å². The summed E-state index contributed by atoms with van der Waals surface area (Å²) in [5.41, 5.74) is 0.292. The lowest BCUT2D eigenvalue weighted by molar-refractivity contribution is -0.151. The van der Waals surface area contributed by atoms with E-state index in [0.717, 1.165) is 0 Å². The van der Waals surface area contributed by atoms with Gasteiger partial charge in [-0.15, -0.1) is 0 Å². The molecule has 0 spiro atoms. The first-order chi connectivity index (χ1) is 12.8. The maximum absolute atomic E-state index is 12.2. The van der Waals surface area contributed by atoms with E-state index < -0.39 is 36.3 Å². The number of carbonyl (C=O) groups excluding carboxylic acids is 4. The Morgan fingerprint density at radius 3 is 2.44 bits per heavy atom. The minimum Gasteiger partial charge on any atom is -0.459 e. The molecule has 9 nitrogen and oxygen atoms in total. The molecule has 0 aromatic carbocycles. The summed E-state index contributed by atoms with van der Waals surface area (Å²) in [6.45, 7) is 2.79. The van der Waals surface area contributed by atoms with E-state index in [2.05, 4.69) is 10.6 Å². The van der Waals surface area contributed by atoms with Crippen molar-refractivity contribution in [2.45, 2.75) is 19.9 Å². The van der Waals surface area contributed by atoms with Crippen molar-refractivity contribution in [2.24, 2.45) is 13.0 Å². The highest BCUT2D eigenvalue weighted by atomic mass is 16.5. The molecule has 2 aromatic rings. The van der Waals surface area contributed by atoms with Gasteiger partial charge in [0, 0.05) is 13.2 Å². The second-order valence-corrected chi connectivity index (χ2v) is 6.16. The molecular formula is C18H21N3O6. The number of esters is 1. The predicted molar refractivity (Wildman–Crippen MR) is 93.6 cm³/mol. The molecule has 2 heterocycles. The third kappa shape index (κ3) is 5.30. The third-order valence-corrected chi connectivity index (χ3v) is 3.73. The summed E-state index contributed by atoms with van der Waals surface area (Å²) in [5.74, 6) is -2.96. The molecule has 27 heavy (non-hydrogen) atoms.